The summed E-state index contributed by atoms with van der Waals surface area (Å²) >= 11 is 0. The molecule has 1 aromatic rings. The number of hydrogen-bond donors (Lipinski definition) is 2. The highest BCUT2D eigenvalue weighted by atomic mass is 16.2. The van der Waals surface area contributed by atoms with Crippen LogP contribution in [0.15, 0.2) is 24.3 Å². The number of benzene rings is 1. The molecule has 1 unspecified atom stereocenters. The maximum Gasteiger partial charge on any atom is 0.234 e. The maximum atomic E-state index is 11.4. The van der Waals surface area contributed by atoms with Gasteiger partial charge in [-0.05, 0) is 16.5 Å². The number of nitrogens with two attached hydrogens (primary N) is 1. The third-order valence-corrected chi connectivity index (χ3v) is 3.78. The summed E-state index contributed by atoms with van der Waals surface area (Å²) in [5.74, 6) is 0.0894. The third-order valence-electron chi connectivity index (χ3n) is 3.78. The standard InChI is InChI=1S/C16H25N3O/c1-16(2,3)13-6-4-12(5-7-13)14(17)10-19-9-8-18-15(20)11-19/h4-7,14H,8-11,17H2,1-3H3,(H,18,20). The quantitative estimate of drug-likeness (QED) is 0.877. The van der Waals surface area contributed by atoms with Crippen molar-refractivity contribution in [1.82, 2.24) is 10.2 Å². The van der Waals surface area contributed by atoms with Gasteiger partial charge in [-0.1, -0.05) is 45.0 Å². The van der Waals surface area contributed by atoms with Crippen LogP contribution in [0, 0.1) is 0 Å². The summed E-state index contributed by atoms with van der Waals surface area (Å²) < 4.78 is 0. The van der Waals surface area contributed by atoms with Gasteiger partial charge in [0.15, 0.2) is 0 Å². The van der Waals surface area contributed by atoms with E-state index in [-0.39, 0.29) is 17.4 Å². The Balaban J connectivity index is 1.98. The number of nitrogens with one attached hydrogen (secondary N) is 1. The van der Waals surface area contributed by atoms with E-state index in [0.29, 0.717) is 13.1 Å². The fourth-order valence-corrected chi connectivity index (χ4v) is 2.46. The molecule has 110 valence electrons. The molecule has 0 spiro atoms. The van der Waals surface area contributed by atoms with Crippen molar-refractivity contribution >= 4 is 5.91 Å². The summed E-state index contributed by atoms with van der Waals surface area (Å²) in [6.45, 7) is 9.38. The first-order chi connectivity index (χ1) is 9.36. The summed E-state index contributed by atoms with van der Waals surface area (Å²) in [7, 11) is 0. The van der Waals surface area contributed by atoms with Gasteiger partial charge in [0.1, 0.15) is 0 Å². The fraction of sp³-hybridized carbons (Fsp3) is 0.562. The summed E-state index contributed by atoms with van der Waals surface area (Å²) in [6, 6.07) is 8.47. The van der Waals surface area contributed by atoms with Gasteiger partial charge in [0.05, 0.1) is 6.54 Å². The summed E-state index contributed by atoms with van der Waals surface area (Å²) in [5, 5.41) is 2.83. The van der Waals surface area contributed by atoms with Crippen LogP contribution in [-0.4, -0.2) is 37.0 Å². The molecule has 1 aromatic carbocycles. The Morgan fingerprint density at radius 2 is 1.95 bits per heavy atom. The molecule has 1 aliphatic heterocycles. The van der Waals surface area contributed by atoms with E-state index in [4.69, 9.17) is 5.73 Å². The first-order valence-corrected chi connectivity index (χ1v) is 7.21. The van der Waals surface area contributed by atoms with Gasteiger partial charge in [-0.3, -0.25) is 9.69 Å². The predicted octanol–water partition coefficient (Wildman–Crippen LogP) is 1.42. The average Bonchev–Trinajstić information content (AvgIpc) is 2.38. The van der Waals surface area contributed by atoms with Crippen LogP contribution in [0.1, 0.15) is 37.9 Å². The lowest BCUT2D eigenvalue weighted by Crippen LogP contribution is -2.49. The van der Waals surface area contributed by atoms with E-state index in [2.05, 4.69) is 55.3 Å². The van der Waals surface area contributed by atoms with Crippen molar-refractivity contribution in [2.75, 3.05) is 26.2 Å². The molecule has 4 heteroatoms. The zero-order chi connectivity index (χ0) is 14.8. The average molecular weight is 275 g/mol. The smallest absolute Gasteiger partial charge is 0.234 e. The van der Waals surface area contributed by atoms with Gasteiger partial charge in [0.2, 0.25) is 5.91 Å². The van der Waals surface area contributed by atoms with E-state index in [1.54, 1.807) is 0 Å². The van der Waals surface area contributed by atoms with Crippen LogP contribution in [0.2, 0.25) is 0 Å². The number of nitrogens with zero attached hydrogens (tertiary/aromatic N) is 1. The van der Waals surface area contributed by atoms with Gasteiger partial charge in [-0.25, -0.2) is 0 Å². The second kappa shape index (κ2) is 5.94. The number of carbonyl (C=O) groups is 1. The van der Waals surface area contributed by atoms with Gasteiger partial charge in [-0.15, -0.1) is 0 Å². The minimum Gasteiger partial charge on any atom is -0.354 e. The van der Waals surface area contributed by atoms with Crippen molar-refractivity contribution in [3.8, 4) is 0 Å². The van der Waals surface area contributed by atoms with E-state index in [1.165, 1.54) is 5.56 Å². The molecule has 1 aliphatic rings. The number of carbonyl (C=O) groups excluding carboxylic acids is 1. The van der Waals surface area contributed by atoms with Crippen molar-refractivity contribution < 1.29 is 4.79 Å². The van der Waals surface area contributed by atoms with Crippen molar-refractivity contribution in [3.05, 3.63) is 35.4 Å². The number of rotatable bonds is 3. The highest BCUT2D eigenvalue weighted by molar-refractivity contribution is 5.78. The Labute approximate surface area is 121 Å². The molecular formula is C16H25N3O. The van der Waals surface area contributed by atoms with Gasteiger partial charge in [-0.2, -0.15) is 0 Å². The largest absolute Gasteiger partial charge is 0.354 e. The Kier molecular flexibility index (Phi) is 4.45. The van der Waals surface area contributed by atoms with Gasteiger partial charge in [0, 0.05) is 25.7 Å². The van der Waals surface area contributed by atoms with Crippen molar-refractivity contribution in [2.45, 2.75) is 32.2 Å². The molecular weight excluding hydrogens is 250 g/mol. The van der Waals surface area contributed by atoms with E-state index >= 15 is 0 Å². The molecule has 0 aliphatic carbocycles. The SMILES string of the molecule is CC(C)(C)c1ccc(C(N)CN2CCNC(=O)C2)cc1. The fourth-order valence-electron chi connectivity index (χ4n) is 2.46. The second-order valence-electron chi connectivity index (χ2n) is 6.56. The molecule has 0 aromatic heterocycles. The van der Waals surface area contributed by atoms with Crippen LogP contribution in [-0.2, 0) is 10.2 Å². The van der Waals surface area contributed by atoms with Gasteiger partial charge in [0.25, 0.3) is 0 Å². The number of hydrogen-bond acceptors (Lipinski definition) is 3. The van der Waals surface area contributed by atoms with Crippen LogP contribution < -0.4 is 11.1 Å². The van der Waals surface area contributed by atoms with Crippen LogP contribution >= 0.6 is 0 Å². The number of amides is 1. The molecule has 2 rings (SSSR count). The van der Waals surface area contributed by atoms with Crippen molar-refractivity contribution in [2.24, 2.45) is 5.73 Å². The molecule has 4 nitrogen and oxygen atoms in total. The minimum absolute atomic E-state index is 0.0464. The second-order valence-corrected chi connectivity index (χ2v) is 6.56. The highest BCUT2D eigenvalue weighted by Gasteiger charge is 2.19. The third kappa shape index (κ3) is 3.81. The normalized spacial score (nSPS) is 18.7. The predicted molar refractivity (Wildman–Crippen MR) is 81.5 cm³/mol. The first-order valence-electron chi connectivity index (χ1n) is 7.21. The van der Waals surface area contributed by atoms with E-state index in [9.17, 15) is 4.79 Å². The Bertz CT molecular complexity index is 462. The van der Waals surface area contributed by atoms with E-state index < -0.39 is 0 Å². The van der Waals surface area contributed by atoms with Crippen LogP contribution in [0.4, 0.5) is 0 Å². The lowest BCUT2D eigenvalue weighted by atomic mass is 9.86. The zero-order valence-corrected chi connectivity index (χ0v) is 12.6. The zero-order valence-electron chi connectivity index (χ0n) is 12.6. The van der Waals surface area contributed by atoms with E-state index in [1.807, 2.05) is 0 Å². The molecule has 0 bridgehead atoms. The van der Waals surface area contributed by atoms with Crippen molar-refractivity contribution in [3.63, 3.8) is 0 Å². The molecule has 20 heavy (non-hydrogen) atoms. The lowest BCUT2D eigenvalue weighted by Gasteiger charge is -2.29. The summed E-state index contributed by atoms with van der Waals surface area (Å²) in [5.41, 5.74) is 8.86. The highest BCUT2D eigenvalue weighted by Crippen LogP contribution is 2.23. The minimum atomic E-state index is -0.0464. The molecule has 0 saturated carbocycles. The first kappa shape index (κ1) is 15.0. The monoisotopic (exact) mass is 275 g/mol. The molecule has 1 fully saturated rings. The summed E-state index contributed by atoms with van der Waals surface area (Å²) in [4.78, 5) is 13.5. The Morgan fingerprint density at radius 3 is 2.50 bits per heavy atom. The number of piperazine rings is 1. The summed E-state index contributed by atoms with van der Waals surface area (Å²) in [6.07, 6.45) is 0. The van der Waals surface area contributed by atoms with Crippen molar-refractivity contribution in [1.29, 1.82) is 0 Å². The molecule has 1 atom stereocenters. The Hall–Kier alpha value is -1.39. The molecule has 0 radical (unpaired) electrons. The molecule has 1 amide bonds. The molecule has 1 heterocycles. The topological polar surface area (TPSA) is 58.4 Å². The molecule has 3 N–H and O–H groups in total. The van der Waals surface area contributed by atoms with Gasteiger partial charge < -0.3 is 11.1 Å². The maximum absolute atomic E-state index is 11.4. The van der Waals surface area contributed by atoms with Gasteiger partial charge >= 0.3 is 0 Å². The molecule has 1 saturated heterocycles. The van der Waals surface area contributed by atoms with E-state index in [0.717, 1.165) is 18.7 Å². The lowest BCUT2D eigenvalue weighted by molar-refractivity contribution is -0.124. The van der Waals surface area contributed by atoms with Crippen LogP contribution in [0.5, 0.6) is 0 Å². The van der Waals surface area contributed by atoms with Crippen LogP contribution in [0.3, 0.4) is 0 Å². The van der Waals surface area contributed by atoms with Crippen LogP contribution in [0.25, 0.3) is 0 Å². The Morgan fingerprint density at radius 1 is 1.30 bits per heavy atom.